The second kappa shape index (κ2) is 27.0. The predicted octanol–water partition coefficient (Wildman–Crippen LogP) is 5.80. The molecule has 0 spiro atoms. The van der Waals surface area contributed by atoms with E-state index in [4.69, 9.17) is 11.2 Å². The first-order valence-electron chi connectivity index (χ1n) is 18.1. The molecule has 2 N–H and O–H groups in total. The van der Waals surface area contributed by atoms with E-state index in [0.29, 0.717) is 22.5 Å². The SMILES string of the molecule is C#CC#CC#CC#CC#CC#CC#CC#CC#CC#CC#COc1ccc(C2=C(O)C(=C3C=CC(=[NH+]CCCCCCCCCCCCC)C=C3)C2=O)cc1. The molecule has 2 aliphatic carbocycles. The van der Waals surface area contributed by atoms with Gasteiger partial charge in [0, 0.05) is 89.6 Å². The summed E-state index contributed by atoms with van der Waals surface area (Å²) in [6, 6.07) is 6.72. The fourth-order valence-corrected chi connectivity index (χ4v) is 5.08. The summed E-state index contributed by atoms with van der Waals surface area (Å²) >= 11 is 0. The monoisotopic (exact) mass is 712 g/mol. The Balaban J connectivity index is 1.39. The molecule has 0 aromatic heterocycles. The van der Waals surface area contributed by atoms with E-state index in [1.165, 1.54) is 64.2 Å². The van der Waals surface area contributed by atoms with Crippen molar-refractivity contribution in [3.05, 3.63) is 71.0 Å². The highest BCUT2D eigenvalue weighted by atomic mass is 16.5. The Kier molecular flexibility index (Phi) is 20.5. The van der Waals surface area contributed by atoms with E-state index in [1.54, 1.807) is 24.3 Å². The van der Waals surface area contributed by atoms with Crippen LogP contribution in [0.25, 0.3) is 5.57 Å². The molecule has 1 aromatic rings. The van der Waals surface area contributed by atoms with Gasteiger partial charge in [-0.3, -0.25) is 4.79 Å². The predicted molar refractivity (Wildman–Crippen MR) is 221 cm³/mol. The van der Waals surface area contributed by atoms with Crippen molar-refractivity contribution >= 4 is 17.1 Å². The molecule has 0 aliphatic heterocycles. The number of aliphatic hydroxyl groups excluding tert-OH is 1. The van der Waals surface area contributed by atoms with Gasteiger partial charge in [0.1, 0.15) is 24.2 Å². The number of hydrogen-bond acceptors (Lipinski definition) is 3. The molecule has 0 unspecified atom stereocenters. The highest BCUT2D eigenvalue weighted by molar-refractivity contribution is 6.39. The average molecular weight is 713 g/mol. The van der Waals surface area contributed by atoms with E-state index >= 15 is 0 Å². The molecule has 2 aliphatic rings. The Bertz CT molecular complexity index is 2430. The zero-order valence-corrected chi connectivity index (χ0v) is 30.9. The summed E-state index contributed by atoms with van der Waals surface area (Å²) in [6.45, 7) is 3.17. The second-order valence-corrected chi connectivity index (χ2v) is 11.7. The molecule has 55 heavy (non-hydrogen) atoms. The zero-order valence-electron chi connectivity index (χ0n) is 30.9. The lowest BCUT2D eigenvalue weighted by Gasteiger charge is -2.23. The van der Waals surface area contributed by atoms with Gasteiger partial charge in [-0.2, -0.15) is 0 Å². The van der Waals surface area contributed by atoms with Crippen LogP contribution in [0.2, 0.25) is 0 Å². The Morgan fingerprint density at radius 1 is 0.564 bits per heavy atom. The maximum absolute atomic E-state index is 13.0. The smallest absolute Gasteiger partial charge is 0.201 e. The number of aliphatic hydroxyl groups is 1. The Hall–Kier alpha value is -7.72. The number of nitrogens with one attached hydrogen (secondary N) is 1. The third-order valence-electron chi connectivity index (χ3n) is 7.77. The molecule has 1 aromatic carbocycles. The molecular formula is C51H38NO3+. The summed E-state index contributed by atoms with van der Waals surface area (Å²) in [5.74, 6) is 49.8. The van der Waals surface area contributed by atoms with E-state index in [0.717, 1.165) is 18.7 Å². The van der Waals surface area contributed by atoms with Crippen LogP contribution in [0.1, 0.15) is 83.1 Å². The molecule has 0 fully saturated rings. The molecule has 0 radical (unpaired) electrons. The molecular weight excluding hydrogens is 675 g/mol. The van der Waals surface area contributed by atoms with E-state index in [9.17, 15) is 9.90 Å². The quantitative estimate of drug-likeness (QED) is 0.146. The van der Waals surface area contributed by atoms with Gasteiger partial charge in [-0.1, -0.05) is 76.8 Å². The van der Waals surface area contributed by atoms with Crippen LogP contribution in [0.15, 0.2) is 65.5 Å². The largest absolute Gasteiger partial charge is 0.506 e. The van der Waals surface area contributed by atoms with E-state index in [-0.39, 0.29) is 17.1 Å². The van der Waals surface area contributed by atoms with Crippen LogP contribution in [0.4, 0.5) is 0 Å². The molecule has 0 bridgehead atoms. The van der Waals surface area contributed by atoms with Crippen molar-refractivity contribution in [2.75, 3.05) is 6.54 Å². The normalized spacial score (nSPS) is 10.9. The van der Waals surface area contributed by atoms with Gasteiger partial charge in [0.15, 0.2) is 5.71 Å². The fraction of sp³-hybridized carbons (Fsp3) is 0.255. The van der Waals surface area contributed by atoms with Crippen LogP contribution in [0, 0.1) is 131 Å². The maximum atomic E-state index is 13.0. The highest BCUT2D eigenvalue weighted by Crippen LogP contribution is 2.39. The highest BCUT2D eigenvalue weighted by Gasteiger charge is 2.36. The number of ether oxygens (including phenoxy) is 1. The van der Waals surface area contributed by atoms with Crippen molar-refractivity contribution in [1.82, 2.24) is 0 Å². The van der Waals surface area contributed by atoms with Gasteiger partial charge in [-0.05, 0) is 89.2 Å². The number of unbranched alkanes of at least 4 members (excludes halogenated alkanes) is 10. The lowest BCUT2D eigenvalue weighted by molar-refractivity contribution is -0.456. The molecule has 4 nitrogen and oxygen atoms in total. The number of hydrogen-bond donors (Lipinski definition) is 2. The number of benzene rings is 1. The van der Waals surface area contributed by atoms with Crippen molar-refractivity contribution in [3.63, 3.8) is 0 Å². The standard InChI is InChI=1S/C51H37NO3/c1-3-5-7-9-11-13-15-16-17-18-19-20-21-22-23-25-27-29-31-33-43-55-47-40-36-45(37-41-47)49-50(53)48(51(49)54)44-34-38-46(39-35-44)52-42-32-30-28-26-24-14-12-10-8-6-4-2/h1,34-41,53H,4,6,8,10,12,14,24,26,28,30,32,42H2,2H3/p+1. The van der Waals surface area contributed by atoms with Crippen LogP contribution in [-0.2, 0) is 4.79 Å². The van der Waals surface area contributed by atoms with Gasteiger partial charge in [0.25, 0.3) is 0 Å². The Morgan fingerprint density at radius 3 is 1.45 bits per heavy atom. The van der Waals surface area contributed by atoms with Crippen LogP contribution in [0.5, 0.6) is 5.75 Å². The van der Waals surface area contributed by atoms with Crippen molar-refractivity contribution < 1.29 is 19.6 Å². The summed E-state index contributed by atoms with van der Waals surface area (Å²) < 4.78 is 5.38. The van der Waals surface area contributed by atoms with E-state index < -0.39 is 0 Å². The number of carbonyl (C=O) groups is 1. The number of terminal acetylenes is 1. The minimum Gasteiger partial charge on any atom is -0.506 e. The molecule has 0 heterocycles. The summed E-state index contributed by atoms with van der Waals surface area (Å²) in [4.78, 5) is 16.5. The molecule has 0 saturated carbocycles. The average Bonchev–Trinajstić information content (AvgIpc) is 3.20. The third kappa shape index (κ3) is 16.9. The van der Waals surface area contributed by atoms with Gasteiger partial charge < -0.3 is 9.84 Å². The third-order valence-corrected chi connectivity index (χ3v) is 7.77. The molecule has 0 amide bonds. The first-order chi connectivity index (χ1) is 27.2. The van der Waals surface area contributed by atoms with Crippen LogP contribution in [0.3, 0.4) is 0 Å². The minimum atomic E-state index is -0.200. The molecule has 4 heteroatoms. The lowest BCUT2D eigenvalue weighted by atomic mass is 9.80. The Morgan fingerprint density at radius 2 is 1.00 bits per heavy atom. The number of ketones is 1. The topological polar surface area (TPSA) is 60.5 Å². The molecule has 264 valence electrons. The van der Waals surface area contributed by atoms with Gasteiger partial charge in [0.2, 0.25) is 5.78 Å². The van der Waals surface area contributed by atoms with E-state index in [2.05, 4.69) is 136 Å². The van der Waals surface area contributed by atoms with Crippen molar-refractivity contribution in [2.24, 2.45) is 0 Å². The molecule has 3 rings (SSSR count). The first-order valence-corrected chi connectivity index (χ1v) is 18.1. The molecule has 0 saturated heterocycles. The number of allylic oxidation sites excluding steroid dienone is 7. The number of Topliss-reactive ketones (excluding diaryl/α,β-unsaturated/α-hetero) is 1. The number of rotatable bonds is 14. The van der Waals surface area contributed by atoms with Crippen LogP contribution >= 0.6 is 0 Å². The van der Waals surface area contributed by atoms with Gasteiger partial charge >= 0.3 is 0 Å². The molecule has 0 atom stereocenters. The van der Waals surface area contributed by atoms with Gasteiger partial charge in [-0.15, -0.1) is 6.42 Å². The zero-order chi connectivity index (χ0) is 39.0. The summed E-state index contributed by atoms with van der Waals surface area (Å²) in [5.41, 5.74) is 2.89. The second-order valence-electron chi connectivity index (χ2n) is 11.7. The van der Waals surface area contributed by atoms with Crippen LogP contribution < -0.4 is 9.73 Å². The van der Waals surface area contributed by atoms with Crippen molar-refractivity contribution in [1.29, 1.82) is 0 Å². The van der Waals surface area contributed by atoms with Crippen molar-refractivity contribution in [2.45, 2.75) is 77.6 Å². The summed E-state index contributed by atoms with van der Waals surface area (Å²) in [6.07, 6.45) is 29.6. The van der Waals surface area contributed by atoms with Gasteiger partial charge in [0.05, 0.1) is 11.1 Å². The Labute approximate surface area is 327 Å². The minimum absolute atomic E-state index is 0.0128. The maximum Gasteiger partial charge on any atom is 0.201 e. The van der Waals surface area contributed by atoms with E-state index in [1.807, 2.05) is 24.3 Å². The number of carbonyl (C=O) groups excluding carboxylic acids is 1. The summed E-state index contributed by atoms with van der Waals surface area (Å²) in [7, 11) is 0. The fourth-order valence-electron chi connectivity index (χ4n) is 5.08. The summed E-state index contributed by atoms with van der Waals surface area (Å²) in [5, 5.41) is 10.8. The van der Waals surface area contributed by atoms with Gasteiger partial charge in [-0.25, -0.2) is 4.99 Å². The van der Waals surface area contributed by atoms with Crippen molar-refractivity contribution in [3.8, 4) is 137 Å². The van der Waals surface area contributed by atoms with Crippen LogP contribution in [-0.4, -0.2) is 23.1 Å². The lowest BCUT2D eigenvalue weighted by Crippen LogP contribution is -2.72. The first kappa shape index (κ1) is 41.7.